The molecule has 3 aliphatic rings. The minimum atomic E-state index is -0.642. The molecule has 0 heterocycles. The van der Waals surface area contributed by atoms with Crippen molar-refractivity contribution in [1.82, 2.24) is 0 Å². The lowest BCUT2D eigenvalue weighted by Crippen LogP contribution is -2.34. The summed E-state index contributed by atoms with van der Waals surface area (Å²) in [7, 11) is 0. The summed E-state index contributed by atoms with van der Waals surface area (Å²) < 4.78 is 0. The largest absolute Gasteiger partial charge is 0.481 e. The normalized spacial score (nSPS) is 36.0. The van der Waals surface area contributed by atoms with Gasteiger partial charge in [0.05, 0.1) is 0 Å². The number of carboxylic acid groups (broad SMARTS) is 1. The van der Waals surface area contributed by atoms with E-state index in [2.05, 4.69) is 6.92 Å². The Hall–Kier alpha value is -0.530. The van der Waals surface area contributed by atoms with Gasteiger partial charge in [-0.2, -0.15) is 0 Å². The standard InChI is InChI=1S/C24H42O2/c1-2-18-10-20(11-18)14-22-16-23(17-22)15-21-12-19(13-21)8-6-4-3-5-7-9-24(25)26/h18-23H,2-17H2,1H3,(H,25,26)/t18?,19-,20?,21+,22?,23?. The van der Waals surface area contributed by atoms with Gasteiger partial charge in [-0.15, -0.1) is 0 Å². The number of hydrogen-bond donors (Lipinski definition) is 1. The lowest BCUT2D eigenvalue weighted by atomic mass is 9.60. The van der Waals surface area contributed by atoms with Crippen molar-refractivity contribution in [3.63, 3.8) is 0 Å². The van der Waals surface area contributed by atoms with Crippen LogP contribution < -0.4 is 0 Å². The van der Waals surface area contributed by atoms with Crippen LogP contribution in [-0.4, -0.2) is 11.1 Å². The molecule has 0 spiro atoms. The first-order valence-electron chi connectivity index (χ1n) is 11.8. The molecule has 2 heteroatoms. The van der Waals surface area contributed by atoms with Gasteiger partial charge in [0.15, 0.2) is 0 Å². The average Bonchev–Trinajstić information content (AvgIpc) is 2.49. The van der Waals surface area contributed by atoms with Gasteiger partial charge in [-0.1, -0.05) is 45.4 Å². The quantitative estimate of drug-likeness (QED) is 0.356. The zero-order chi connectivity index (χ0) is 18.4. The van der Waals surface area contributed by atoms with Crippen molar-refractivity contribution in [2.24, 2.45) is 35.5 Å². The highest BCUT2D eigenvalue weighted by atomic mass is 16.4. The molecule has 0 amide bonds. The molecule has 0 bridgehead atoms. The molecule has 0 aromatic rings. The van der Waals surface area contributed by atoms with Crippen LogP contribution in [0.5, 0.6) is 0 Å². The summed E-state index contributed by atoms with van der Waals surface area (Å²) in [6.07, 6.45) is 21.4. The smallest absolute Gasteiger partial charge is 0.303 e. The molecule has 3 rings (SSSR count). The lowest BCUT2D eigenvalue weighted by Gasteiger charge is -2.45. The minimum Gasteiger partial charge on any atom is -0.481 e. The average molecular weight is 363 g/mol. The van der Waals surface area contributed by atoms with E-state index in [-0.39, 0.29) is 0 Å². The van der Waals surface area contributed by atoms with Crippen LogP contribution in [-0.2, 0) is 4.79 Å². The van der Waals surface area contributed by atoms with E-state index in [1.807, 2.05) is 0 Å². The number of rotatable bonds is 13. The third-order valence-corrected chi connectivity index (χ3v) is 7.91. The summed E-state index contributed by atoms with van der Waals surface area (Å²) in [4.78, 5) is 10.5. The Bertz CT molecular complexity index is 414. The predicted molar refractivity (Wildman–Crippen MR) is 108 cm³/mol. The van der Waals surface area contributed by atoms with Crippen LogP contribution >= 0.6 is 0 Å². The Labute approximate surface area is 161 Å². The maximum atomic E-state index is 10.5. The van der Waals surface area contributed by atoms with Crippen LogP contribution in [0.1, 0.15) is 110 Å². The van der Waals surface area contributed by atoms with E-state index in [4.69, 9.17) is 5.11 Å². The molecule has 2 nitrogen and oxygen atoms in total. The van der Waals surface area contributed by atoms with Gasteiger partial charge >= 0.3 is 5.97 Å². The van der Waals surface area contributed by atoms with Gasteiger partial charge in [0.2, 0.25) is 0 Å². The van der Waals surface area contributed by atoms with E-state index < -0.39 is 5.97 Å². The van der Waals surface area contributed by atoms with Gasteiger partial charge < -0.3 is 5.11 Å². The Morgan fingerprint density at radius 2 is 1.15 bits per heavy atom. The summed E-state index contributed by atoms with van der Waals surface area (Å²) in [5.41, 5.74) is 0. The molecular weight excluding hydrogens is 320 g/mol. The van der Waals surface area contributed by atoms with Crippen molar-refractivity contribution in [2.45, 2.75) is 110 Å². The van der Waals surface area contributed by atoms with E-state index >= 15 is 0 Å². The van der Waals surface area contributed by atoms with Crippen LogP contribution in [0.15, 0.2) is 0 Å². The third kappa shape index (κ3) is 6.27. The van der Waals surface area contributed by atoms with Crippen molar-refractivity contribution >= 4 is 5.97 Å². The third-order valence-electron chi connectivity index (χ3n) is 7.91. The fourth-order valence-electron chi connectivity index (χ4n) is 6.14. The molecule has 0 aliphatic heterocycles. The molecule has 3 fully saturated rings. The fourth-order valence-corrected chi connectivity index (χ4v) is 6.14. The molecule has 26 heavy (non-hydrogen) atoms. The van der Waals surface area contributed by atoms with Crippen LogP contribution in [0.25, 0.3) is 0 Å². The van der Waals surface area contributed by atoms with Gasteiger partial charge in [-0.3, -0.25) is 4.79 Å². The second kappa shape index (κ2) is 10.1. The fraction of sp³-hybridized carbons (Fsp3) is 0.958. The van der Waals surface area contributed by atoms with Crippen molar-refractivity contribution in [1.29, 1.82) is 0 Å². The summed E-state index contributed by atoms with van der Waals surface area (Å²) >= 11 is 0. The molecule has 150 valence electrons. The van der Waals surface area contributed by atoms with E-state index in [1.54, 1.807) is 38.5 Å². The second-order valence-corrected chi connectivity index (χ2v) is 10.2. The Morgan fingerprint density at radius 3 is 1.69 bits per heavy atom. The predicted octanol–water partition coefficient (Wildman–Crippen LogP) is 7.07. The molecule has 0 aromatic heterocycles. The summed E-state index contributed by atoms with van der Waals surface area (Å²) in [6, 6.07) is 0. The van der Waals surface area contributed by atoms with Gasteiger partial charge in [0, 0.05) is 6.42 Å². The van der Waals surface area contributed by atoms with Crippen molar-refractivity contribution in [3.8, 4) is 0 Å². The zero-order valence-corrected chi connectivity index (χ0v) is 17.1. The van der Waals surface area contributed by atoms with Crippen LogP contribution in [0.2, 0.25) is 0 Å². The highest BCUT2D eigenvalue weighted by molar-refractivity contribution is 5.66. The first-order valence-corrected chi connectivity index (χ1v) is 11.8. The number of carboxylic acids is 1. The van der Waals surface area contributed by atoms with E-state index in [1.165, 1.54) is 44.9 Å². The number of unbranched alkanes of at least 4 members (excludes halogenated alkanes) is 4. The molecule has 0 unspecified atom stereocenters. The second-order valence-electron chi connectivity index (χ2n) is 10.2. The summed E-state index contributed by atoms with van der Waals surface area (Å²) in [6.45, 7) is 2.36. The van der Waals surface area contributed by atoms with Gasteiger partial charge in [-0.25, -0.2) is 0 Å². The van der Waals surface area contributed by atoms with Crippen LogP contribution in [0.4, 0.5) is 0 Å². The molecular formula is C24H42O2. The highest BCUT2D eigenvalue weighted by Gasteiger charge is 2.38. The monoisotopic (exact) mass is 362 g/mol. The SMILES string of the molecule is CCC1CC(CC2CC(C[C@H]3C[C@@H](CCCCCCCC(=O)O)C3)C2)C1. The molecule has 3 saturated carbocycles. The molecule has 0 radical (unpaired) electrons. The summed E-state index contributed by atoms with van der Waals surface area (Å²) in [5, 5.41) is 8.62. The van der Waals surface area contributed by atoms with E-state index in [0.717, 1.165) is 48.3 Å². The zero-order valence-electron chi connectivity index (χ0n) is 17.1. The van der Waals surface area contributed by atoms with Gasteiger partial charge in [0.1, 0.15) is 0 Å². The first kappa shape index (κ1) is 20.2. The maximum Gasteiger partial charge on any atom is 0.303 e. The van der Waals surface area contributed by atoms with Crippen LogP contribution in [0.3, 0.4) is 0 Å². The molecule has 0 atom stereocenters. The molecule has 1 N–H and O–H groups in total. The number of aliphatic carboxylic acids is 1. The lowest BCUT2D eigenvalue weighted by molar-refractivity contribution is -0.137. The maximum absolute atomic E-state index is 10.5. The van der Waals surface area contributed by atoms with Gasteiger partial charge in [-0.05, 0) is 93.3 Å². The molecule has 0 saturated heterocycles. The first-order chi connectivity index (χ1) is 12.6. The highest BCUT2D eigenvalue weighted by Crippen LogP contribution is 2.50. The van der Waals surface area contributed by atoms with E-state index in [0.29, 0.717) is 6.42 Å². The molecule has 0 aromatic carbocycles. The van der Waals surface area contributed by atoms with Gasteiger partial charge in [0.25, 0.3) is 0 Å². The number of hydrogen-bond acceptors (Lipinski definition) is 1. The van der Waals surface area contributed by atoms with Crippen molar-refractivity contribution in [2.75, 3.05) is 0 Å². The Kier molecular flexibility index (Phi) is 7.88. The summed E-state index contributed by atoms with van der Waals surface area (Å²) in [5.74, 6) is 5.81. The molecule has 3 aliphatic carbocycles. The Balaban J connectivity index is 1.10. The number of carbonyl (C=O) groups is 1. The minimum absolute atomic E-state index is 0.353. The van der Waals surface area contributed by atoms with E-state index in [9.17, 15) is 4.79 Å². The topological polar surface area (TPSA) is 37.3 Å². The Morgan fingerprint density at radius 1 is 0.692 bits per heavy atom. The van der Waals surface area contributed by atoms with Crippen molar-refractivity contribution < 1.29 is 9.90 Å². The van der Waals surface area contributed by atoms with Crippen LogP contribution in [0, 0.1) is 35.5 Å². The van der Waals surface area contributed by atoms with Crippen molar-refractivity contribution in [3.05, 3.63) is 0 Å².